The number of fused-ring (bicyclic) bond motifs is 6. The smallest absolute Gasteiger partial charge is 0.197 e. The molecule has 0 atom stereocenters. The van der Waals surface area contributed by atoms with Gasteiger partial charge >= 0.3 is 0 Å². The van der Waals surface area contributed by atoms with Gasteiger partial charge in [0.05, 0.1) is 16.9 Å². The summed E-state index contributed by atoms with van der Waals surface area (Å²) in [5, 5.41) is 4.16. The van der Waals surface area contributed by atoms with Gasteiger partial charge in [0.1, 0.15) is 0 Å². The molecule has 0 saturated heterocycles. The van der Waals surface area contributed by atoms with Gasteiger partial charge in [0.25, 0.3) is 0 Å². The van der Waals surface area contributed by atoms with E-state index in [-0.39, 0.29) is 22.6 Å². The minimum absolute atomic E-state index is 0.206. The van der Waals surface area contributed by atoms with Gasteiger partial charge in [-0.25, -0.2) is 0 Å². The lowest BCUT2D eigenvalue weighted by Gasteiger charge is -2.43. The molecule has 6 aromatic rings. The molecule has 0 fully saturated rings. The minimum Gasteiger partial charge on any atom is -0.310 e. The number of ketones is 2. The van der Waals surface area contributed by atoms with Gasteiger partial charge < -0.3 is 4.90 Å². The highest BCUT2D eigenvalue weighted by Crippen LogP contribution is 2.54. The lowest BCUT2D eigenvalue weighted by Crippen LogP contribution is -2.31. The quantitative estimate of drug-likeness (QED) is 0.158. The number of hydrogen-bond donors (Lipinski definition) is 0. The van der Waals surface area contributed by atoms with E-state index in [0.29, 0.717) is 11.1 Å². The summed E-state index contributed by atoms with van der Waals surface area (Å²) in [6.45, 7) is 6.75. The van der Waals surface area contributed by atoms with Crippen LogP contribution in [0.3, 0.4) is 0 Å². The number of rotatable bonds is 2. The van der Waals surface area contributed by atoms with Crippen molar-refractivity contribution in [3.8, 4) is 0 Å². The molecule has 1 aliphatic carbocycles. The van der Waals surface area contributed by atoms with Crippen molar-refractivity contribution < 1.29 is 9.59 Å². The zero-order chi connectivity index (χ0) is 29.5. The molecule has 1 aliphatic heterocycles. The molecule has 3 nitrogen and oxygen atoms in total. The van der Waals surface area contributed by atoms with Crippen molar-refractivity contribution in [1.82, 2.24) is 0 Å². The Labute approximate surface area is 250 Å². The Kier molecular flexibility index (Phi) is 5.39. The molecule has 0 bridgehead atoms. The van der Waals surface area contributed by atoms with Gasteiger partial charge in [-0.2, -0.15) is 0 Å². The highest BCUT2D eigenvalue weighted by molar-refractivity contribution is 6.42. The number of para-hydroxylation sites is 2. The SMILES string of the molecule is Cc1ccccc1N1c2ccccc2C(C)(C)c2c1ccc1cc(C=C3C(=O)c4cc5ccccc5cc4C3=O)ccc21. The lowest BCUT2D eigenvalue weighted by atomic mass is 9.71. The number of carbonyl (C=O) groups excluding carboxylic acids is 2. The largest absolute Gasteiger partial charge is 0.310 e. The first-order chi connectivity index (χ1) is 20.8. The number of benzene rings is 6. The second-order valence-electron chi connectivity index (χ2n) is 12.2. The predicted molar refractivity (Wildman–Crippen MR) is 176 cm³/mol. The normalized spacial score (nSPS) is 15.0. The van der Waals surface area contributed by atoms with E-state index in [4.69, 9.17) is 0 Å². The average Bonchev–Trinajstić information content (AvgIpc) is 3.24. The number of hydrogen-bond acceptors (Lipinski definition) is 3. The Balaban J connectivity index is 1.27. The Bertz CT molecular complexity index is 2160. The number of aryl methyl sites for hydroxylation is 1. The maximum absolute atomic E-state index is 13.4. The first kappa shape index (κ1) is 25.4. The fourth-order valence-electron chi connectivity index (χ4n) is 7.11. The van der Waals surface area contributed by atoms with Crippen LogP contribution in [0.5, 0.6) is 0 Å². The zero-order valence-corrected chi connectivity index (χ0v) is 24.3. The van der Waals surface area contributed by atoms with Crippen LogP contribution in [0.25, 0.3) is 27.6 Å². The van der Waals surface area contributed by atoms with E-state index < -0.39 is 0 Å². The monoisotopic (exact) mass is 555 g/mol. The summed E-state index contributed by atoms with van der Waals surface area (Å²) in [5.74, 6) is -0.411. The Morgan fingerprint density at radius 3 is 1.93 bits per heavy atom. The van der Waals surface area contributed by atoms with Gasteiger partial charge in [0.2, 0.25) is 0 Å². The van der Waals surface area contributed by atoms with E-state index in [9.17, 15) is 9.59 Å². The summed E-state index contributed by atoms with van der Waals surface area (Å²) in [6.07, 6.45) is 1.76. The summed E-state index contributed by atoms with van der Waals surface area (Å²) >= 11 is 0. The van der Waals surface area contributed by atoms with Crippen LogP contribution >= 0.6 is 0 Å². The molecule has 0 spiro atoms. The maximum Gasteiger partial charge on any atom is 0.197 e. The van der Waals surface area contributed by atoms with Crippen LogP contribution in [0.1, 0.15) is 56.8 Å². The zero-order valence-electron chi connectivity index (χ0n) is 24.3. The molecule has 0 saturated carbocycles. The third-order valence-corrected chi connectivity index (χ3v) is 9.24. The molecule has 8 rings (SSSR count). The van der Waals surface area contributed by atoms with Crippen molar-refractivity contribution in [2.24, 2.45) is 0 Å². The Morgan fingerprint density at radius 1 is 0.605 bits per heavy atom. The molecular weight excluding hydrogens is 526 g/mol. The van der Waals surface area contributed by atoms with Crippen LogP contribution in [-0.4, -0.2) is 11.6 Å². The number of carbonyl (C=O) groups is 2. The molecule has 206 valence electrons. The van der Waals surface area contributed by atoms with Crippen LogP contribution in [0.2, 0.25) is 0 Å². The van der Waals surface area contributed by atoms with E-state index in [1.165, 1.54) is 28.1 Å². The molecule has 2 aliphatic rings. The van der Waals surface area contributed by atoms with E-state index in [1.54, 1.807) is 6.08 Å². The first-order valence-corrected chi connectivity index (χ1v) is 14.7. The van der Waals surface area contributed by atoms with Crippen molar-refractivity contribution >= 4 is 56.2 Å². The molecule has 0 aromatic heterocycles. The van der Waals surface area contributed by atoms with E-state index in [1.807, 2.05) is 42.5 Å². The number of allylic oxidation sites excluding steroid dienone is 1. The van der Waals surface area contributed by atoms with Gasteiger partial charge in [0.15, 0.2) is 11.6 Å². The van der Waals surface area contributed by atoms with Gasteiger partial charge in [-0.3, -0.25) is 9.59 Å². The fourth-order valence-corrected chi connectivity index (χ4v) is 7.11. The molecule has 43 heavy (non-hydrogen) atoms. The van der Waals surface area contributed by atoms with Crippen molar-refractivity contribution in [3.63, 3.8) is 0 Å². The molecule has 0 N–H and O–H groups in total. The summed E-state index contributed by atoms with van der Waals surface area (Å²) in [6, 6.07) is 39.4. The van der Waals surface area contributed by atoms with Crippen molar-refractivity contribution in [2.45, 2.75) is 26.2 Å². The van der Waals surface area contributed by atoms with Crippen molar-refractivity contribution in [3.05, 3.63) is 154 Å². The second kappa shape index (κ2) is 9.11. The van der Waals surface area contributed by atoms with Gasteiger partial charge in [0, 0.05) is 22.2 Å². The maximum atomic E-state index is 13.4. The number of Topliss-reactive ketones (excluding diaryl/α,β-unsaturated/α-hetero) is 2. The molecule has 0 unspecified atom stereocenters. The second-order valence-corrected chi connectivity index (χ2v) is 12.2. The Hall–Kier alpha value is -5.28. The lowest BCUT2D eigenvalue weighted by molar-refractivity contribution is 0.0990. The third kappa shape index (κ3) is 3.68. The van der Waals surface area contributed by atoms with Crippen LogP contribution < -0.4 is 4.90 Å². The highest BCUT2D eigenvalue weighted by Gasteiger charge is 2.38. The topological polar surface area (TPSA) is 37.4 Å². The predicted octanol–water partition coefficient (Wildman–Crippen LogP) is 9.87. The summed E-state index contributed by atoms with van der Waals surface area (Å²) < 4.78 is 0. The molecule has 6 aromatic carbocycles. The molecule has 0 radical (unpaired) electrons. The number of nitrogens with zero attached hydrogens (tertiary/aromatic N) is 1. The van der Waals surface area contributed by atoms with Crippen molar-refractivity contribution in [2.75, 3.05) is 4.90 Å². The first-order valence-electron chi connectivity index (χ1n) is 14.7. The van der Waals surface area contributed by atoms with Crippen LogP contribution in [-0.2, 0) is 5.41 Å². The van der Waals surface area contributed by atoms with Gasteiger partial charge in [-0.05, 0) is 93.2 Å². The van der Waals surface area contributed by atoms with Gasteiger partial charge in [-0.15, -0.1) is 0 Å². The van der Waals surface area contributed by atoms with Gasteiger partial charge in [-0.1, -0.05) is 92.7 Å². The third-order valence-electron chi connectivity index (χ3n) is 9.24. The van der Waals surface area contributed by atoms with Crippen molar-refractivity contribution in [1.29, 1.82) is 0 Å². The molecule has 3 heteroatoms. The Morgan fingerprint density at radius 2 is 1.23 bits per heavy atom. The average molecular weight is 556 g/mol. The summed E-state index contributed by atoms with van der Waals surface area (Å²) in [4.78, 5) is 29.2. The summed E-state index contributed by atoms with van der Waals surface area (Å²) in [7, 11) is 0. The minimum atomic E-state index is -0.244. The van der Waals surface area contributed by atoms with E-state index >= 15 is 0 Å². The van der Waals surface area contributed by atoms with E-state index in [2.05, 4.69) is 98.5 Å². The summed E-state index contributed by atoms with van der Waals surface area (Å²) in [5.41, 5.74) is 9.07. The van der Waals surface area contributed by atoms with E-state index in [0.717, 1.165) is 32.8 Å². The highest BCUT2D eigenvalue weighted by atomic mass is 16.2. The standard InChI is InChI=1S/C40H29NO2/c1-24-10-4-8-14-34(24)41-35-15-9-7-13-33(35)40(2,3)37-29-18-16-25(20-28(29)17-19-36(37)41)21-32-38(42)30-22-26-11-5-6-12-27(26)23-31(30)39(32)43/h4-23H,1-3H3. The fraction of sp³-hybridized carbons (Fsp3) is 0.100. The van der Waals surface area contributed by atoms with Crippen LogP contribution in [0.4, 0.5) is 17.1 Å². The molecule has 1 heterocycles. The van der Waals surface area contributed by atoms with Crippen LogP contribution in [0.15, 0.2) is 121 Å². The van der Waals surface area contributed by atoms with Crippen LogP contribution in [0, 0.1) is 6.92 Å². The molecular formula is C40H29NO2. The number of anilines is 3. The molecule has 0 amide bonds.